The lowest BCUT2D eigenvalue weighted by Crippen LogP contribution is -2.46. The monoisotopic (exact) mass is 294 g/mol. The van der Waals surface area contributed by atoms with Crippen LogP contribution in [0.3, 0.4) is 0 Å². The number of rotatable bonds is 4. The fourth-order valence-corrected chi connectivity index (χ4v) is 3.12. The molecule has 1 aliphatic carbocycles. The van der Waals surface area contributed by atoms with Crippen LogP contribution < -0.4 is 11.1 Å². The lowest BCUT2D eigenvalue weighted by Gasteiger charge is -2.28. The average Bonchev–Trinajstić information content (AvgIpc) is 2.38. The predicted octanol–water partition coefficient (Wildman–Crippen LogP) is 2.90. The maximum atomic E-state index is 12.3. The highest BCUT2D eigenvalue weighted by molar-refractivity contribution is 6.30. The summed E-state index contributed by atoms with van der Waals surface area (Å²) >= 11 is 5.97. The smallest absolute Gasteiger partial charge is 0.224 e. The lowest BCUT2D eigenvalue weighted by molar-refractivity contribution is -0.127. The second-order valence-corrected chi connectivity index (χ2v) is 6.23. The minimum atomic E-state index is -0.0226. The van der Waals surface area contributed by atoms with Crippen molar-refractivity contribution in [2.75, 3.05) is 0 Å². The summed E-state index contributed by atoms with van der Waals surface area (Å²) < 4.78 is 0. The van der Waals surface area contributed by atoms with Crippen LogP contribution in [-0.2, 0) is 11.2 Å². The van der Waals surface area contributed by atoms with E-state index in [-0.39, 0.29) is 23.9 Å². The summed E-state index contributed by atoms with van der Waals surface area (Å²) in [6, 6.07) is 7.87. The first kappa shape index (κ1) is 15.3. The summed E-state index contributed by atoms with van der Waals surface area (Å²) in [6.07, 6.45) is 4.91. The van der Waals surface area contributed by atoms with Gasteiger partial charge >= 0.3 is 0 Å². The van der Waals surface area contributed by atoms with Crippen LogP contribution in [0.1, 0.15) is 38.2 Å². The molecule has 0 aliphatic heterocycles. The van der Waals surface area contributed by atoms with Crippen LogP contribution in [0, 0.1) is 5.92 Å². The van der Waals surface area contributed by atoms with Crippen molar-refractivity contribution in [1.29, 1.82) is 0 Å². The molecule has 3 N–H and O–H groups in total. The molecule has 1 aliphatic rings. The zero-order valence-electron chi connectivity index (χ0n) is 11.9. The van der Waals surface area contributed by atoms with Gasteiger partial charge in [-0.1, -0.05) is 36.6 Å². The van der Waals surface area contributed by atoms with Crippen molar-refractivity contribution in [2.24, 2.45) is 11.7 Å². The van der Waals surface area contributed by atoms with Crippen LogP contribution in [0.15, 0.2) is 24.3 Å². The Kier molecular flexibility index (Phi) is 5.44. The molecule has 3 unspecified atom stereocenters. The number of hydrogen-bond acceptors (Lipinski definition) is 2. The van der Waals surface area contributed by atoms with Gasteiger partial charge in [-0.25, -0.2) is 0 Å². The van der Waals surface area contributed by atoms with Gasteiger partial charge < -0.3 is 11.1 Å². The number of benzene rings is 1. The van der Waals surface area contributed by atoms with Gasteiger partial charge in [-0.2, -0.15) is 0 Å². The van der Waals surface area contributed by atoms with Gasteiger partial charge in [0.25, 0.3) is 0 Å². The Bertz CT molecular complexity index is 464. The number of carbonyl (C=O) groups is 1. The van der Waals surface area contributed by atoms with Crippen molar-refractivity contribution < 1.29 is 4.79 Å². The Balaban J connectivity index is 1.87. The van der Waals surface area contributed by atoms with Crippen LogP contribution in [0.5, 0.6) is 0 Å². The number of halogens is 1. The van der Waals surface area contributed by atoms with E-state index in [1.165, 1.54) is 0 Å². The molecule has 3 atom stereocenters. The molecule has 0 radical (unpaired) electrons. The van der Waals surface area contributed by atoms with Crippen molar-refractivity contribution in [3.05, 3.63) is 34.9 Å². The highest BCUT2D eigenvalue weighted by atomic mass is 35.5. The van der Waals surface area contributed by atoms with E-state index in [9.17, 15) is 4.79 Å². The SMILES string of the molecule is CC(Cc1cccc(Cl)c1)NC(=O)C1CCCCC1N. The standard InChI is InChI=1S/C16H23ClN2O/c1-11(9-12-5-4-6-13(17)10-12)19-16(20)14-7-2-3-8-15(14)18/h4-6,10-11,14-15H,2-3,7-9,18H2,1H3,(H,19,20). The van der Waals surface area contributed by atoms with Gasteiger partial charge in [-0.3, -0.25) is 4.79 Å². The second-order valence-electron chi connectivity index (χ2n) is 5.80. The molecule has 1 fully saturated rings. The molecule has 1 aromatic rings. The summed E-state index contributed by atoms with van der Waals surface area (Å²) in [6.45, 7) is 2.02. The minimum Gasteiger partial charge on any atom is -0.353 e. The van der Waals surface area contributed by atoms with Crippen molar-refractivity contribution in [3.8, 4) is 0 Å². The molecule has 1 saturated carbocycles. The first-order valence-electron chi connectivity index (χ1n) is 7.36. The van der Waals surface area contributed by atoms with Gasteiger partial charge in [0, 0.05) is 17.1 Å². The first-order chi connectivity index (χ1) is 9.56. The zero-order chi connectivity index (χ0) is 14.5. The maximum Gasteiger partial charge on any atom is 0.224 e. The third kappa shape index (κ3) is 4.22. The van der Waals surface area contributed by atoms with E-state index in [1.807, 2.05) is 31.2 Å². The van der Waals surface area contributed by atoms with E-state index in [1.54, 1.807) is 0 Å². The van der Waals surface area contributed by atoms with Gasteiger partial charge in [0.2, 0.25) is 5.91 Å². The normalized spacial score (nSPS) is 24.1. The highest BCUT2D eigenvalue weighted by Crippen LogP contribution is 2.23. The van der Waals surface area contributed by atoms with Crippen LogP contribution in [-0.4, -0.2) is 18.0 Å². The molecular weight excluding hydrogens is 272 g/mol. The fraction of sp³-hybridized carbons (Fsp3) is 0.562. The number of nitrogens with two attached hydrogens (primary N) is 1. The van der Waals surface area contributed by atoms with E-state index in [4.69, 9.17) is 17.3 Å². The molecule has 0 saturated heterocycles. The van der Waals surface area contributed by atoms with E-state index in [0.717, 1.165) is 42.7 Å². The number of carbonyl (C=O) groups excluding carboxylic acids is 1. The van der Waals surface area contributed by atoms with Gasteiger partial charge in [0.05, 0.1) is 5.92 Å². The van der Waals surface area contributed by atoms with E-state index in [0.29, 0.717) is 0 Å². The molecule has 0 heterocycles. The van der Waals surface area contributed by atoms with E-state index < -0.39 is 0 Å². The Morgan fingerprint density at radius 2 is 2.20 bits per heavy atom. The van der Waals surface area contributed by atoms with E-state index >= 15 is 0 Å². The third-order valence-electron chi connectivity index (χ3n) is 3.98. The van der Waals surface area contributed by atoms with Gasteiger partial charge in [0.1, 0.15) is 0 Å². The summed E-state index contributed by atoms with van der Waals surface area (Å²) in [7, 11) is 0. The van der Waals surface area contributed by atoms with Crippen LogP contribution in [0.25, 0.3) is 0 Å². The van der Waals surface area contributed by atoms with Gasteiger partial charge in [-0.05, 0) is 43.9 Å². The summed E-state index contributed by atoms with van der Waals surface area (Å²) in [5.41, 5.74) is 7.19. The fourth-order valence-electron chi connectivity index (χ4n) is 2.90. The van der Waals surface area contributed by atoms with Crippen LogP contribution in [0.4, 0.5) is 0 Å². The third-order valence-corrected chi connectivity index (χ3v) is 4.21. The molecule has 0 spiro atoms. The second kappa shape index (κ2) is 7.09. The van der Waals surface area contributed by atoms with Crippen molar-refractivity contribution >= 4 is 17.5 Å². The largest absolute Gasteiger partial charge is 0.353 e. The molecular formula is C16H23ClN2O. The molecule has 0 aromatic heterocycles. The Labute approximate surface area is 125 Å². The predicted molar refractivity (Wildman–Crippen MR) is 82.7 cm³/mol. The van der Waals surface area contributed by atoms with Crippen LogP contribution >= 0.6 is 11.6 Å². The topological polar surface area (TPSA) is 55.1 Å². The number of hydrogen-bond donors (Lipinski definition) is 2. The molecule has 2 rings (SSSR count). The quantitative estimate of drug-likeness (QED) is 0.897. The molecule has 0 bridgehead atoms. The average molecular weight is 295 g/mol. The first-order valence-corrected chi connectivity index (χ1v) is 7.74. The van der Waals surface area contributed by atoms with Crippen molar-refractivity contribution in [1.82, 2.24) is 5.32 Å². The molecule has 1 amide bonds. The molecule has 3 nitrogen and oxygen atoms in total. The summed E-state index contributed by atoms with van der Waals surface area (Å²) in [4.78, 5) is 12.3. The minimum absolute atomic E-state index is 0.0159. The Morgan fingerprint density at radius 3 is 2.90 bits per heavy atom. The molecule has 4 heteroatoms. The Morgan fingerprint density at radius 1 is 1.45 bits per heavy atom. The highest BCUT2D eigenvalue weighted by Gasteiger charge is 2.28. The molecule has 20 heavy (non-hydrogen) atoms. The van der Waals surface area contributed by atoms with Gasteiger partial charge in [0.15, 0.2) is 0 Å². The zero-order valence-corrected chi connectivity index (χ0v) is 12.7. The Hall–Kier alpha value is -1.06. The van der Waals surface area contributed by atoms with Crippen molar-refractivity contribution in [3.63, 3.8) is 0 Å². The maximum absolute atomic E-state index is 12.3. The summed E-state index contributed by atoms with van der Waals surface area (Å²) in [5.74, 6) is 0.0808. The lowest BCUT2D eigenvalue weighted by atomic mass is 9.84. The van der Waals surface area contributed by atoms with Crippen LogP contribution in [0.2, 0.25) is 5.02 Å². The van der Waals surface area contributed by atoms with Crippen molar-refractivity contribution in [2.45, 2.75) is 51.1 Å². The number of nitrogens with one attached hydrogen (secondary N) is 1. The summed E-state index contributed by atoms with van der Waals surface area (Å²) in [5, 5.41) is 3.82. The molecule has 1 aromatic carbocycles. The number of amides is 1. The van der Waals surface area contributed by atoms with E-state index in [2.05, 4.69) is 5.32 Å². The van der Waals surface area contributed by atoms with Gasteiger partial charge in [-0.15, -0.1) is 0 Å². The molecule has 110 valence electrons.